The van der Waals surface area contributed by atoms with E-state index in [2.05, 4.69) is 52.9 Å². The predicted molar refractivity (Wildman–Crippen MR) is 94.5 cm³/mol. The van der Waals surface area contributed by atoms with E-state index in [1.165, 1.54) is 16.0 Å². The molecule has 3 aromatic rings. The van der Waals surface area contributed by atoms with Gasteiger partial charge in [-0.05, 0) is 48.1 Å². The van der Waals surface area contributed by atoms with Crippen LogP contribution in [-0.2, 0) is 6.42 Å². The van der Waals surface area contributed by atoms with Gasteiger partial charge in [0, 0.05) is 4.88 Å². The number of anilines is 1. The SMILES string of the molecule is Cc1ccsc1C(Cc1ccccc1)Nc1ccc(C#N)nc1. The fourth-order valence-electron chi connectivity index (χ4n) is 2.55. The van der Waals surface area contributed by atoms with E-state index >= 15 is 0 Å². The first-order valence-electron chi connectivity index (χ1n) is 7.47. The number of rotatable bonds is 5. The van der Waals surface area contributed by atoms with Gasteiger partial charge in [0.15, 0.2) is 0 Å². The minimum absolute atomic E-state index is 0.187. The molecule has 1 atom stereocenters. The van der Waals surface area contributed by atoms with Gasteiger partial charge in [0.25, 0.3) is 0 Å². The number of nitriles is 1. The highest BCUT2D eigenvalue weighted by Crippen LogP contribution is 2.30. The van der Waals surface area contributed by atoms with E-state index in [1.54, 1.807) is 23.6 Å². The van der Waals surface area contributed by atoms with Crippen molar-refractivity contribution >= 4 is 17.0 Å². The summed E-state index contributed by atoms with van der Waals surface area (Å²) in [4.78, 5) is 5.47. The molecule has 3 nitrogen and oxygen atoms in total. The summed E-state index contributed by atoms with van der Waals surface area (Å²) in [6.45, 7) is 2.14. The maximum atomic E-state index is 8.86. The molecule has 0 aliphatic heterocycles. The van der Waals surface area contributed by atoms with E-state index in [0.717, 1.165) is 12.1 Å². The number of pyridine rings is 1. The zero-order valence-corrected chi connectivity index (χ0v) is 13.7. The Balaban J connectivity index is 1.85. The zero-order valence-electron chi connectivity index (χ0n) is 12.9. The average molecular weight is 319 g/mol. The Hall–Kier alpha value is -2.64. The van der Waals surface area contributed by atoms with E-state index in [-0.39, 0.29) is 6.04 Å². The third-order valence-electron chi connectivity index (χ3n) is 3.72. The van der Waals surface area contributed by atoms with Crippen LogP contribution in [0.25, 0.3) is 0 Å². The van der Waals surface area contributed by atoms with Gasteiger partial charge in [-0.15, -0.1) is 11.3 Å². The molecular formula is C19H17N3S. The molecule has 0 saturated heterocycles. The van der Waals surface area contributed by atoms with Crippen LogP contribution in [0.5, 0.6) is 0 Å². The lowest BCUT2D eigenvalue weighted by atomic mass is 10.0. The van der Waals surface area contributed by atoms with Crippen molar-refractivity contribution in [2.75, 3.05) is 5.32 Å². The topological polar surface area (TPSA) is 48.7 Å². The minimum Gasteiger partial charge on any atom is -0.376 e. The third kappa shape index (κ3) is 3.77. The highest BCUT2D eigenvalue weighted by Gasteiger charge is 2.16. The number of hydrogen-bond acceptors (Lipinski definition) is 4. The summed E-state index contributed by atoms with van der Waals surface area (Å²) in [6.07, 6.45) is 2.63. The van der Waals surface area contributed by atoms with Crippen LogP contribution in [0.2, 0.25) is 0 Å². The molecular weight excluding hydrogens is 302 g/mol. The molecule has 3 rings (SSSR count). The first-order chi connectivity index (χ1) is 11.3. The third-order valence-corrected chi connectivity index (χ3v) is 4.85. The van der Waals surface area contributed by atoms with Gasteiger partial charge in [0.05, 0.1) is 17.9 Å². The summed E-state index contributed by atoms with van der Waals surface area (Å²) in [6, 6.07) is 18.5. The van der Waals surface area contributed by atoms with Crippen molar-refractivity contribution < 1.29 is 0 Å². The number of benzene rings is 1. The van der Waals surface area contributed by atoms with Crippen molar-refractivity contribution in [3.05, 3.63) is 81.8 Å². The summed E-state index contributed by atoms with van der Waals surface area (Å²) in [5.74, 6) is 0. The van der Waals surface area contributed by atoms with E-state index < -0.39 is 0 Å². The molecule has 0 spiro atoms. The molecule has 2 aromatic heterocycles. The lowest BCUT2D eigenvalue weighted by molar-refractivity contribution is 0.785. The largest absolute Gasteiger partial charge is 0.376 e. The molecule has 1 unspecified atom stereocenters. The van der Waals surface area contributed by atoms with E-state index in [4.69, 9.17) is 5.26 Å². The van der Waals surface area contributed by atoms with Gasteiger partial charge in [-0.3, -0.25) is 0 Å². The van der Waals surface area contributed by atoms with Crippen molar-refractivity contribution in [3.8, 4) is 6.07 Å². The average Bonchev–Trinajstić information content (AvgIpc) is 3.02. The molecule has 0 radical (unpaired) electrons. The van der Waals surface area contributed by atoms with Crippen LogP contribution in [0.3, 0.4) is 0 Å². The highest BCUT2D eigenvalue weighted by molar-refractivity contribution is 7.10. The second-order valence-corrected chi connectivity index (χ2v) is 6.35. The fourth-order valence-corrected chi connectivity index (χ4v) is 3.53. The zero-order chi connectivity index (χ0) is 16.1. The Morgan fingerprint density at radius 1 is 1.17 bits per heavy atom. The summed E-state index contributed by atoms with van der Waals surface area (Å²) in [7, 11) is 0. The van der Waals surface area contributed by atoms with Crippen molar-refractivity contribution in [1.29, 1.82) is 5.26 Å². The van der Waals surface area contributed by atoms with Gasteiger partial charge in [-0.25, -0.2) is 4.98 Å². The smallest absolute Gasteiger partial charge is 0.140 e. The predicted octanol–water partition coefficient (Wildman–Crippen LogP) is 4.72. The number of nitrogens with zero attached hydrogens (tertiary/aromatic N) is 2. The molecule has 1 aromatic carbocycles. The van der Waals surface area contributed by atoms with Gasteiger partial charge in [-0.2, -0.15) is 5.26 Å². The van der Waals surface area contributed by atoms with Crippen LogP contribution in [0.4, 0.5) is 5.69 Å². The van der Waals surface area contributed by atoms with Crippen molar-refractivity contribution in [3.63, 3.8) is 0 Å². The summed E-state index contributed by atoms with van der Waals surface area (Å²) in [5.41, 5.74) is 3.95. The molecule has 114 valence electrons. The first-order valence-corrected chi connectivity index (χ1v) is 8.35. The maximum Gasteiger partial charge on any atom is 0.140 e. The molecule has 0 aliphatic rings. The van der Waals surface area contributed by atoms with Crippen molar-refractivity contribution in [1.82, 2.24) is 4.98 Å². The Morgan fingerprint density at radius 3 is 2.61 bits per heavy atom. The normalized spacial score (nSPS) is 11.7. The molecule has 23 heavy (non-hydrogen) atoms. The van der Waals surface area contributed by atoms with Crippen LogP contribution in [0.15, 0.2) is 60.1 Å². The van der Waals surface area contributed by atoms with Crippen molar-refractivity contribution in [2.45, 2.75) is 19.4 Å². The lowest BCUT2D eigenvalue weighted by Crippen LogP contribution is -2.13. The molecule has 2 heterocycles. The fraction of sp³-hybridized carbons (Fsp3) is 0.158. The number of thiophene rings is 1. The Labute approximate surface area is 140 Å². The van der Waals surface area contributed by atoms with E-state index in [1.807, 2.05) is 18.2 Å². The number of aryl methyl sites for hydroxylation is 1. The monoisotopic (exact) mass is 319 g/mol. The van der Waals surface area contributed by atoms with E-state index in [0.29, 0.717) is 5.69 Å². The molecule has 4 heteroatoms. The molecule has 0 fully saturated rings. The van der Waals surface area contributed by atoms with E-state index in [9.17, 15) is 0 Å². The van der Waals surface area contributed by atoms with Crippen LogP contribution in [-0.4, -0.2) is 4.98 Å². The molecule has 0 amide bonds. The number of nitrogens with one attached hydrogen (secondary N) is 1. The van der Waals surface area contributed by atoms with Crippen LogP contribution in [0, 0.1) is 18.3 Å². The minimum atomic E-state index is 0.187. The summed E-state index contributed by atoms with van der Waals surface area (Å²) >= 11 is 1.77. The van der Waals surface area contributed by atoms with Gasteiger partial charge < -0.3 is 5.32 Å². The first kappa shape index (κ1) is 15.3. The molecule has 0 bridgehead atoms. The number of aromatic nitrogens is 1. The van der Waals surface area contributed by atoms with Gasteiger partial charge in [0.2, 0.25) is 0 Å². The highest BCUT2D eigenvalue weighted by atomic mass is 32.1. The van der Waals surface area contributed by atoms with Gasteiger partial charge in [0.1, 0.15) is 11.8 Å². The van der Waals surface area contributed by atoms with Crippen LogP contribution in [0.1, 0.15) is 27.7 Å². The van der Waals surface area contributed by atoms with Crippen LogP contribution < -0.4 is 5.32 Å². The van der Waals surface area contributed by atoms with Crippen LogP contribution >= 0.6 is 11.3 Å². The van der Waals surface area contributed by atoms with Crippen molar-refractivity contribution in [2.24, 2.45) is 0 Å². The quantitative estimate of drug-likeness (QED) is 0.740. The Kier molecular flexibility index (Phi) is 4.70. The molecule has 1 N–H and O–H groups in total. The second-order valence-electron chi connectivity index (χ2n) is 5.40. The summed E-state index contributed by atoms with van der Waals surface area (Å²) < 4.78 is 0. The molecule has 0 saturated carbocycles. The van der Waals surface area contributed by atoms with Gasteiger partial charge >= 0.3 is 0 Å². The number of hydrogen-bond donors (Lipinski definition) is 1. The lowest BCUT2D eigenvalue weighted by Gasteiger charge is -2.20. The Bertz CT molecular complexity index is 801. The van der Waals surface area contributed by atoms with Gasteiger partial charge in [-0.1, -0.05) is 30.3 Å². The molecule has 0 aliphatic carbocycles. The Morgan fingerprint density at radius 2 is 2.00 bits per heavy atom. The summed E-state index contributed by atoms with van der Waals surface area (Å²) in [5, 5.41) is 14.5. The maximum absolute atomic E-state index is 8.86. The standard InChI is InChI=1S/C19H17N3S/c1-14-9-10-23-19(14)18(11-15-5-3-2-4-6-15)22-17-8-7-16(12-20)21-13-17/h2-10,13,18,22H,11H2,1H3. The second kappa shape index (κ2) is 7.08.